The topological polar surface area (TPSA) is 52.6 Å². The van der Waals surface area contributed by atoms with E-state index >= 15 is 0 Å². The van der Waals surface area contributed by atoms with Crippen molar-refractivity contribution in [3.8, 4) is 11.5 Å². The number of unbranched alkanes of at least 4 members (excludes halogenated alkanes) is 5. The Kier molecular flexibility index (Phi) is 11.0. The number of carbonyl (C=O) groups excluding carboxylic acids is 2. The van der Waals surface area contributed by atoms with Crippen LogP contribution in [-0.2, 0) is 12.8 Å². The standard InChI is InChI=1S/C31H35ClO4/c1-3-5-7-8-9-11-24-12-16-25(17-13-24)30(33)36-27-20-21-28(29(32)22-27)31(34)35-26-18-14-23(15-19-26)10-6-4-2/h12-22H,3-11H2,1-2H3. The van der Waals surface area contributed by atoms with Gasteiger partial charge >= 0.3 is 11.9 Å². The lowest BCUT2D eigenvalue weighted by Gasteiger charge is -2.09. The number of hydrogen-bond acceptors (Lipinski definition) is 4. The minimum Gasteiger partial charge on any atom is -0.423 e. The summed E-state index contributed by atoms with van der Waals surface area (Å²) in [5.74, 6) is -0.318. The fourth-order valence-electron chi connectivity index (χ4n) is 3.90. The van der Waals surface area contributed by atoms with Crippen molar-refractivity contribution in [2.45, 2.75) is 71.6 Å². The molecule has 0 atom stereocenters. The Labute approximate surface area is 219 Å². The molecule has 0 spiro atoms. The van der Waals surface area contributed by atoms with E-state index in [0.717, 1.165) is 32.1 Å². The number of carbonyl (C=O) groups is 2. The minimum absolute atomic E-state index is 0.156. The van der Waals surface area contributed by atoms with Gasteiger partial charge in [-0.15, -0.1) is 0 Å². The van der Waals surface area contributed by atoms with E-state index in [-0.39, 0.29) is 16.3 Å². The Morgan fingerprint density at radius 2 is 1.19 bits per heavy atom. The van der Waals surface area contributed by atoms with Gasteiger partial charge in [0.2, 0.25) is 0 Å². The summed E-state index contributed by atoms with van der Waals surface area (Å²) in [5.41, 5.74) is 3.09. The van der Waals surface area contributed by atoms with Crippen LogP contribution in [0.25, 0.3) is 0 Å². The largest absolute Gasteiger partial charge is 0.423 e. The van der Waals surface area contributed by atoms with Crippen molar-refractivity contribution < 1.29 is 19.1 Å². The Bertz CT molecular complexity index is 1120. The van der Waals surface area contributed by atoms with Gasteiger partial charge in [0.1, 0.15) is 11.5 Å². The highest BCUT2D eigenvalue weighted by Gasteiger charge is 2.16. The molecule has 190 valence electrons. The first kappa shape index (κ1) is 27.5. The van der Waals surface area contributed by atoms with Gasteiger partial charge in [0, 0.05) is 6.07 Å². The molecular formula is C31H35ClO4. The van der Waals surface area contributed by atoms with Crippen LogP contribution in [-0.4, -0.2) is 11.9 Å². The third kappa shape index (κ3) is 8.53. The second-order valence-electron chi connectivity index (χ2n) is 9.03. The van der Waals surface area contributed by atoms with Gasteiger partial charge in [-0.2, -0.15) is 0 Å². The van der Waals surface area contributed by atoms with Crippen LogP contribution in [0.3, 0.4) is 0 Å². The fraction of sp³-hybridized carbons (Fsp3) is 0.355. The van der Waals surface area contributed by atoms with E-state index in [9.17, 15) is 9.59 Å². The summed E-state index contributed by atoms with van der Waals surface area (Å²) < 4.78 is 10.9. The number of ether oxygens (including phenoxy) is 2. The Hall–Kier alpha value is -3.11. The number of rotatable bonds is 13. The van der Waals surface area contributed by atoms with Crippen LogP contribution in [0.5, 0.6) is 11.5 Å². The molecule has 0 fully saturated rings. The van der Waals surface area contributed by atoms with Crippen molar-refractivity contribution in [3.63, 3.8) is 0 Å². The highest BCUT2D eigenvalue weighted by atomic mass is 35.5. The monoisotopic (exact) mass is 506 g/mol. The zero-order chi connectivity index (χ0) is 25.8. The maximum atomic E-state index is 12.6. The summed E-state index contributed by atoms with van der Waals surface area (Å²) in [6.45, 7) is 4.36. The van der Waals surface area contributed by atoms with E-state index in [1.54, 1.807) is 30.3 Å². The normalized spacial score (nSPS) is 10.8. The molecule has 0 radical (unpaired) electrons. The molecule has 0 bridgehead atoms. The Balaban J connectivity index is 1.54. The first-order valence-electron chi connectivity index (χ1n) is 12.9. The van der Waals surface area contributed by atoms with E-state index in [1.807, 2.05) is 24.3 Å². The van der Waals surface area contributed by atoms with Gasteiger partial charge in [-0.05, 0) is 73.2 Å². The molecule has 0 aromatic heterocycles. The molecule has 0 saturated heterocycles. The van der Waals surface area contributed by atoms with Crippen molar-refractivity contribution in [2.24, 2.45) is 0 Å². The highest BCUT2D eigenvalue weighted by molar-refractivity contribution is 6.33. The molecule has 3 aromatic carbocycles. The van der Waals surface area contributed by atoms with Crippen molar-refractivity contribution in [2.75, 3.05) is 0 Å². The van der Waals surface area contributed by atoms with E-state index in [2.05, 4.69) is 13.8 Å². The second kappa shape index (κ2) is 14.4. The van der Waals surface area contributed by atoms with Gasteiger partial charge in [0.05, 0.1) is 16.1 Å². The molecule has 5 heteroatoms. The first-order valence-corrected chi connectivity index (χ1v) is 13.3. The number of halogens is 1. The number of aryl methyl sites for hydroxylation is 2. The molecule has 0 saturated carbocycles. The highest BCUT2D eigenvalue weighted by Crippen LogP contribution is 2.25. The van der Waals surface area contributed by atoms with Crippen molar-refractivity contribution in [1.82, 2.24) is 0 Å². The smallest absolute Gasteiger partial charge is 0.345 e. The molecule has 36 heavy (non-hydrogen) atoms. The Morgan fingerprint density at radius 1 is 0.639 bits per heavy atom. The average Bonchev–Trinajstić information content (AvgIpc) is 2.88. The molecular weight excluding hydrogens is 472 g/mol. The van der Waals surface area contributed by atoms with Crippen LogP contribution < -0.4 is 9.47 Å². The van der Waals surface area contributed by atoms with Crippen LogP contribution in [0, 0.1) is 0 Å². The zero-order valence-corrected chi connectivity index (χ0v) is 22.0. The van der Waals surface area contributed by atoms with Gasteiger partial charge in [0.25, 0.3) is 0 Å². The van der Waals surface area contributed by atoms with Crippen molar-refractivity contribution >= 4 is 23.5 Å². The van der Waals surface area contributed by atoms with Gasteiger partial charge in [-0.1, -0.05) is 81.8 Å². The number of benzene rings is 3. The zero-order valence-electron chi connectivity index (χ0n) is 21.2. The molecule has 0 heterocycles. The molecule has 4 nitrogen and oxygen atoms in total. The third-order valence-electron chi connectivity index (χ3n) is 6.08. The summed E-state index contributed by atoms with van der Waals surface area (Å²) in [6.07, 6.45) is 10.4. The van der Waals surface area contributed by atoms with Crippen LogP contribution >= 0.6 is 11.6 Å². The maximum absolute atomic E-state index is 12.6. The summed E-state index contributed by atoms with van der Waals surface area (Å²) in [5, 5.41) is 0.156. The molecule has 0 aliphatic carbocycles. The SMILES string of the molecule is CCCCCCCc1ccc(C(=O)Oc2ccc(C(=O)Oc3ccc(CCCC)cc3)c(Cl)c2)cc1. The molecule has 0 N–H and O–H groups in total. The quantitative estimate of drug-likeness (QED) is 0.132. The van der Waals surface area contributed by atoms with E-state index in [0.29, 0.717) is 11.3 Å². The molecule has 0 aliphatic heterocycles. The van der Waals surface area contributed by atoms with E-state index in [1.165, 1.54) is 48.9 Å². The van der Waals surface area contributed by atoms with Gasteiger partial charge < -0.3 is 9.47 Å². The van der Waals surface area contributed by atoms with Crippen molar-refractivity contribution in [1.29, 1.82) is 0 Å². The molecule has 3 aromatic rings. The molecule has 0 unspecified atom stereocenters. The summed E-state index contributed by atoms with van der Waals surface area (Å²) >= 11 is 6.31. The van der Waals surface area contributed by atoms with Gasteiger partial charge in [0.15, 0.2) is 0 Å². The van der Waals surface area contributed by atoms with Crippen LogP contribution in [0.4, 0.5) is 0 Å². The molecule has 0 aliphatic rings. The van der Waals surface area contributed by atoms with Crippen LogP contribution in [0.1, 0.15) is 90.6 Å². The number of esters is 2. The van der Waals surface area contributed by atoms with Crippen LogP contribution in [0.2, 0.25) is 5.02 Å². The average molecular weight is 507 g/mol. The maximum Gasteiger partial charge on any atom is 0.345 e. The minimum atomic E-state index is -0.565. The summed E-state index contributed by atoms with van der Waals surface area (Å²) in [4.78, 5) is 25.2. The second-order valence-corrected chi connectivity index (χ2v) is 9.44. The third-order valence-corrected chi connectivity index (χ3v) is 6.40. The lowest BCUT2D eigenvalue weighted by molar-refractivity contribution is 0.0730. The predicted molar refractivity (Wildman–Crippen MR) is 145 cm³/mol. The summed E-state index contributed by atoms with van der Waals surface area (Å²) in [6, 6.07) is 19.5. The van der Waals surface area contributed by atoms with Gasteiger partial charge in [-0.25, -0.2) is 9.59 Å². The fourth-order valence-corrected chi connectivity index (χ4v) is 4.15. The van der Waals surface area contributed by atoms with Crippen LogP contribution in [0.15, 0.2) is 66.7 Å². The lowest BCUT2D eigenvalue weighted by atomic mass is 10.0. The Morgan fingerprint density at radius 3 is 1.83 bits per heavy atom. The van der Waals surface area contributed by atoms with E-state index in [4.69, 9.17) is 21.1 Å². The first-order chi connectivity index (χ1) is 17.5. The predicted octanol–water partition coefficient (Wildman–Crippen LogP) is 8.63. The number of hydrogen-bond donors (Lipinski definition) is 0. The summed E-state index contributed by atoms with van der Waals surface area (Å²) in [7, 11) is 0. The molecule has 0 amide bonds. The van der Waals surface area contributed by atoms with E-state index < -0.39 is 11.9 Å². The molecule has 3 rings (SSSR count). The van der Waals surface area contributed by atoms with Crippen molar-refractivity contribution in [3.05, 3.63) is 94.0 Å². The lowest BCUT2D eigenvalue weighted by Crippen LogP contribution is -2.11. The van der Waals surface area contributed by atoms with Gasteiger partial charge in [-0.3, -0.25) is 0 Å².